The molecule has 4 nitrogen and oxygen atoms in total. The quantitative estimate of drug-likeness (QED) is 0.629. The molecule has 0 N–H and O–H groups in total. The predicted molar refractivity (Wildman–Crippen MR) is 97.6 cm³/mol. The van der Waals surface area contributed by atoms with Gasteiger partial charge in [0, 0.05) is 10.9 Å². The van der Waals surface area contributed by atoms with Gasteiger partial charge in [0.15, 0.2) is 11.9 Å². The second kappa shape index (κ2) is 5.81. The van der Waals surface area contributed by atoms with E-state index in [4.69, 9.17) is 4.98 Å². The lowest BCUT2D eigenvalue weighted by Gasteiger charge is -2.17. The fourth-order valence-corrected chi connectivity index (χ4v) is 4.16. The average Bonchev–Trinajstić information content (AvgIpc) is 3.14. The summed E-state index contributed by atoms with van der Waals surface area (Å²) in [4.78, 5) is 20.6. The van der Waals surface area contributed by atoms with Crippen LogP contribution in [0.4, 0.5) is 0 Å². The number of aryl methyl sites for hydroxylation is 3. The van der Waals surface area contributed by atoms with Crippen molar-refractivity contribution in [3.63, 3.8) is 0 Å². The molecule has 24 heavy (non-hydrogen) atoms. The number of nitrogens with zero attached hydrogens (tertiary/aromatic N) is 3. The summed E-state index contributed by atoms with van der Waals surface area (Å²) in [6.45, 7) is 4.11. The second-order valence-electron chi connectivity index (χ2n) is 6.30. The van der Waals surface area contributed by atoms with Crippen molar-refractivity contribution < 1.29 is 4.79 Å². The van der Waals surface area contributed by atoms with E-state index in [0.29, 0.717) is 5.69 Å². The highest BCUT2D eigenvalue weighted by Crippen LogP contribution is 2.38. The second-order valence-corrected chi connectivity index (χ2v) is 7.22. The monoisotopic (exact) mass is 383 g/mol. The minimum atomic E-state index is 0.238. The lowest BCUT2D eigenvalue weighted by Crippen LogP contribution is -2.12. The Bertz CT molecular complexity index is 961. The summed E-state index contributed by atoms with van der Waals surface area (Å²) in [6.07, 6.45) is 3.74. The zero-order chi connectivity index (χ0) is 16.8. The van der Waals surface area contributed by atoms with E-state index in [9.17, 15) is 4.79 Å². The highest BCUT2D eigenvalue weighted by Gasteiger charge is 2.28. The van der Waals surface area contributed by atoms with Crippen molar-refractivity contribution in [2.24, 2.45) is 0 Å². The van der Waals surface area contributed by atoms with E-state index in [1.54, 1.807) is 0 Å². The summed E-state index contributed by atoms with van der Waals surface area (Å²) in [5.74, 6) is 1.03. The molecule has 0 saturated carbocycles. The van der Waals surface area contributed by atoms with E-state index < -0.39 is 0 Å². The number of carbonyl (C=O) groups is 1. The first-order valence-electron chi connectivity index (χ1n) is 8.24. The van der Waals surface area contributed by atoms with Gasteiger partial charge in [0.2, 0.25) is 0 Å². The number of hydrogen-bond acceptors (Lipinski definition) is 3. The molecule has 2 heterocycles. The van der Waals surface area contributed by atoms with Crippen LogP contribution in [0.3, 0.4) is 0 Å². The summed E-state index contributed by atoms with van der Waals surface area (Å²) in [5.41, 5.74) is 5.92. The Morgan fingerprint density at radius 1 is 1.33 bits per heavy atom. The molecule has 3 aromatic rings. The van der Waals surface area contributed by atoms with Gasteiger partial charge in [-0.15, -0.1) is 0 Å². The molecule has 5 heteroatoms. The molecule has 0 saturated heterocycles. The first kappa shape index (κ1) is 15.5. The average molecular weight is 384 g/mol. The summed E-state index contributed by atoms with van der Waals surface area (Å²) >= 11 is 3.56. The maximum absolute atomic E-state index is 11.2. The molecule has 2 aromatic heterocycles. The van der Waals surface area contributed by atoms with Crippen LogP contribution >= 0.6 is 15.9 Å². The maximum Gasteiger partial charge on any atom is 0.168 e. The number of aromatic nitrogens is 3. The number of benzene rings is 1. The number of carbonyl (C=O) groups excluding carboxylic acids is 1. The molecule has 122 valence electrons. The minimum Gasteiger partial charge on any atom is -0.305 e. The Labute approximate surface area is 149 Å². The van der Waals surface area contributed by atoms with Gasteiger partial charge in [0.1, 0.15) is 17.0 Å². The molecule has 1 aliphatic rings. The van der Waals surface area contributed by atoms with Gasteiger partial charge in [-0.3, -0.25) is 4.79 Å². The third kappa shape index (κ3) is 2.30. The summed E-state index contributed by atoms with van der Waals surface area (Å²) < 4.78 is 3.36. The van der Waals surface area contributed by atoms with Crippen molar-refractivity contribution in [3.8, 4) is 0 Å². The number of fused-ring (bicyclic) bond motifs is 2. The molecule has 0 radical (unpaired) electrons. The topological polar surface area (TPSA) is 47.8 Å². The van der Waals surface area contributed by atoms with Crippen LogP contribution in [0.1, 0.15) is 52.4 Å². The van der Waals surface area contributed by atoms with Gasteiger partial charge in [0.25, 0.3) is 0 Å². The Hall–Kier alpha value is -2.01. The standard InChI is InChI=1S/C19H18BrN3O/c1-3-17-22-18-11(2)8-14(10-24)21-19(18)23(17)16-7-4-12-9-13(20)5-6-15(12)16/h5-6,8-10,16H,3-4,7H2,1-2H3. The van der Waals surface area contributed by atoms with Gasteiger partial charge in [0.05, 0.1) is 6.04 Å². The molecule has 1 aromatic carbocycles. The van der Waals surface area contributed by atoms with E-state index in [0.717, 1.165) is 52.6 Å². The molecule has 0 bridgehead atoms. The van der Waals surface area contributed by atoms with E-state index in [1.807, 2.05) is 13.0 Å². The van der Waals surface area contributed by atoms with Crippen molar-refractivity contribution in [2.45, 2.75) is 39.2 Å². The largest absolute Gasteiger partial charge is 0.305 e. The van der Waals surface area contributed by atoms with Crippen molar-refractivity contribution >= 4 is 33.4 Å². The molecular formula is C19H18BrN3O. The first-order valence-corrected chi connectivity index (χ1v) is 9.03. The summed E-state index contributed by atoms with van der Waals surface area (Å²) in [5, 5.41) is 0. The van der Waals surface area contributed by atoms with Gasteiger partial charge in [-0.25, -0.2) is 9.97 Å². The molecule has 0 spiro atoms. The van der Waals surface area contributed by atoms with E-state index in [-0.39, 0.29) is 6.04 Å². The highest BCUT2D eigenvalue weighted by molar-refractivity contribution is 9.10. The van der Waals surface area contributed by atoms with Crippen molar-refractivity contribution in [3.05, 3.63) is 56.9 Å². The highest BCUT2D eigenvalue weighted by atomic mass is 79.9. The number of aldehydes is 1. The van der Waals surface area contributed by atoms with Crippen LogP contribution in [0.2, 0.25) is 0 Å². The number of imidazole rings is 1. The van der Waals surface area contributed by atoms with Crippen LogP contribution in [0.15, 0.2) is 28.7 Å². The third-order valence-electron chi connectivity index (χ3n) is 4.83. The van der Waals surface area contributed by atoms with Crippen LogP contribution in [0.25, 0.3) is 11.2 Å². The number of hydrogen-bond donors (Lipinski definition) is 0. The van der Waals surface area contributed by atoms with Crippen molar-refractivity contribution in [2.75, 3.05) is 0 Å². The first-order chi connectivity index (χ1) is 11.6. The van der Waals surface area contributed by atoms with Gasteiger partial charge in [-0.05, 0) is 54.7 Å². The van der Waals surface area contributed by atoms with Gasteiger partial charge in [-0.1, -0.05) is 28.9 Å². The van der Waals surface area contributed by atoms with E-state index in [1.165, 1.54) is 11.1 Å². The van der Waals surface area contributed by atoms with Crippen LogP contribution in [-0.2, 0) is 12.8 Å². The fourth-order valence-electron chi connectivity index (χ4n) is 3.75. The smallest absolute Gasteiger partial charge is 0.168 e. The Kier molecular flexibility index (Phi) is 3.76. The minimum absolute atomic E-state index is 0.238. The lowest BCUT2D eigenvalue weighted by atomic mass is 10.1. The van der Waals surface area contributed by atoms with Gasteiger partial charge in [-0.2, -0.15) is 0 Å². The Morgan fingerprint density at radius 3 is 2.92 bits per heavy atom. The van der Waals surface area contributed by atoms with Crippen LogP contribution < -0.4 is 0 Å². The zero-order valence-corrected chi connectivity index (χ0v) is 15.3. The SMILES string of the molecule is CCc1nc2c(C)cc(C=O)nc2n1C1CCc2cc(Br)ccc21. The molecule has 0 amide bonds. The van der Waals surface area contributed by atoms with E-state index >= 15 is 0 Å². The molecule has 1 unspecified atom stereocenters. The van der Waals surface area contributed by atoms with Crippen LogP contribution in [0, 0.1) is 6.92 Å². The Morgan fingerprint density at radius 2 is 2.17 bits per heavy atom. The predicted octanol–water partition coefficient (Wildman–Crippen LogP) is 4.41. The molecule has 1 aliphatic carbocycles. The van der Waals surface area contributed by atoms with Crippen LogP contribution in [-0.4, -0.2) is 20.8 Å². The molecule has 1 atom stereocenters. The number of rotatable bonds is 3. The van der Waals surface area contributed by atoms with Crippen molar-refractivity contribution in [1.82, 2.24) is 14.5 Å². The zero-order valence-electron chi connectivity index (χ0n) is 13.7. The molecule has 0 fully saturated rings. The molecule has 0 aliphatic heterocycles. The normalized spacial score (nSPS) is 16.5. The number of pyridine rings is 1. The van der Waals surface area contributed by atoms with Crippen molar-refractivity contribution in [1.29, 1.82) is 0 Å². The van der Waals surface area contributed by atoms with E-state index in [2.05, 4.69) is 50.6 Å². The molecule has 4 rings (SSSR count). The van der Waals surface area contributed by atoms with Crippen LogP contribution in [0.5, 0.6) is 0 Å². The van der Waals surface area contributed by atoms with Gasteiger partial charge >= 0.3 is 0 Å². The lowest BCUT2D eigenvalue weighted by molar-refractivity contribution is 0.111. The fraction of sp³-hybridized carbons (Fsp3) is 0.316. The summed E-state index contributed by atoms with van der Waals surface area (Å²) in [7, 11) is 0. The maximum atomic E-state index is 11.2. The number of halogens is 1. The Balaban J connectivity index is 1.97. The van der Waals surface area contributed by atoms with Gasteiger partial charge < -0.3 is 4.57 Å². The summed E-state index contributed by atoms with van der Waals surface area (Å²) in [6, 6.07) is 8.54. The third-order valence-corrected chi connectivity index (χ3v) is 5.32. The molecular weight excluding hydrogens is 366 g/mol.